The van der Waals surface area contributed by atoms with E-state index in [1.165, 1.54) is 43.5 Å². The van der Waals surface area contributed by atoms with Crippen molar-refractivity contribution in [2.75, 3.05) is 18.4 Å². The van der Waals surface area contributed by atoms with Crippen LogP contribution in [-0.2, 0) is 14.8 Å². The van der Waals surface area contributed by atoms with Crippen molar-refractivity contribution in [2.24, 2.45) is 0 Å². The van der Waals surface area contributed by atoms with E-state index in [0.717, 1.165) is 0 Å². The van der Waals surface area contributed by atoms with Gasteiger partial charge < -0.3 is 10.1 Å². The molecule has 2 aromatic carbocycles. The summed E-state index contributed by atoms with van der Waals surface area (Å²) < 4.78 is 32.1. The zero-order valence-electron chi connectivity index (χ0n) is 14.1. The summed E-state index contributed by atoms with van der Waals surface area (Å²) >= 11 is 0. The van der Waals surface area contributed by atoms with E-state index in [0.29, 0.717) is 12.1 Å². The van der Waals surface area contributed by atoms with Crippen LogP contribution in [0.1, 0.15) is 20.7 Å². The molecule has 1 amide bonds. The zero-order valence-corrected chi connectivity index (χ0v) is 14.9. The number of carbonyl (C=O) groups excluding carboxylic acids is 2. The Bertz CT molecular complexity index is 921. The molecule has 0 aliphatic heterocycles. The normalized spacial score (nSPS) is 10.7. The Morgan fingerprint density at radius 2 is 1.77 bits per heavy atom. The van der Waals surface area contributed by atoms with Crippen LogP contribution in [0.5, 0.6) is 0 Å². The van der Waals surface area contributed by atoms with Gasteiger partial charge in [-0.3, -0.25) is 9.52 Å². The van der Waals surface area contributed by atoms with Crippen molar-refractivity contribution in [3.05, 3.63) is 72.3 Å². The summed E-state index contributed by atoms with van der Waals surface area (Å²) in [7, 11) is -2.73. The van der Waals surface area contributed by atoms with Crippen molar-refractivity contribution in [2.45, 2.75) is 4.90 Å². The molecule has 2 N–H and O–H groups in total. The number of hydrogen-bond acceptors (Lipinski definition) is 5. The lowest BCUT2D eigenvalue weighted by Crippen LogP contribution is -2.23. The average Bonchev–Trinajstić information content (AvgIpc) is 2.65. The lowest BCUT2D eigenvalue weighted by molar-refractivity contribution is 0.0601. The molecule has 0 saturated carbocycles. The first-order valence-electron chi connectivity index (χ1n) is 7.58. The van der Waals surface area contributed by atoms with Crippen LogP contribution < -0.4 is 10.0 Å². The van der Waals surface area contributed by atoms with Gasteiger partial charge in [0, 0.05) is 12.1 Å². The van der Waals surface area contributed by atoms with Gasteiger partial charge in [-0.2, -0.15) is 0 Å². The Labute approximate surface area is 151 Å². The molecule has 0 unspecified atom stereocenters. The molecule has 7 nitrogen and oxygen atoms in total. The van der Waals surface area contributed by atoms with Crippen molar-refractivity contribution in [1.82, 2.24) is 5.32 Å². The number of rotatable bonds is 7. The number of carbonyl (C=O) groups is 2. The lowest BCUT2D eigenvalue weighted by Gasteiger charge is -2.11. The van der Waals surface area contributed by atoms with Gasteiger partial charge in [0.25, 0.3) is 15.9 Å². The molecule has 0 saturated heterocycles. The highest BCUT2D eigenvalue weighted by Crippen LogP contribution is 2.21. The number of amides is 1. The maximum Gasteiger partial charge on any atom is 0.339 e. The van der Waals surface area contributed by atoms with Crippen molar-refractivity contribution in [3.63, 3.8) is 0 Å². The molecule has 0 atom stereocenters. The summed E-state index contributed by atoms with van der Waals surface area (Å²) in [5, 5.41) is 2.60. The van der Waals surface area contributed by atoms with Gasteiger partial charge in [0.15, 0.2) is 0 Å². The van der Waals surface area contributed by atoms with Gasteiger partial charge in [-0.25, -0.2) is 13.2 Å². The minimum absolute atomic E-state index is 0.0440. The largest absolute Gasteiger partial charge is 0.465 e. The number of para-hydroxylation sites is 1. The average molecular weight is 374 g/mol. The third-order valence-corrected chi connectivity index (χ3v) is 4.79. The second-order valence-corrected chi connectivity index (χ2v) is 6.85. The molecule has 0 aliphatic rings. The van der Waals surface area contributed by atoms with Gasteiger partial charge >= 0.3 is 5.97 Å². The highest BCUT2D eigenvalue weighted by molar-refractivity contribution is 7.92. The number of sulfonamides is 1. The Balaban J connectivity index is 2.25. The second-order valence-electron chi connectivity index (χ2n) is 5.17. The van der Waals surface area contributed by atoms with Crippen LogP contribution in [0.2, 0.25) is 0 Å². The first-order chi connectivity index (χ1) is 12.4. The topological polar surface area (TPSA) is 102 Å². The molecular weight excluding hydrogens is 356 g/mol. The number of methoxy groups -OCH3 is 1. The first kappa shape index (κ1) is 19.2. The molecular formula is C18H18N2O5S. The van der Waals surface area contributed by atoms with E-state index in [-0.39, 0.29) is 22.1 Å². The summed E-state index contributed by atoms with van der Waals surface area (Å²) in [4.78, 5) is 23.5. The molecule has 136 valence electrons. The van der Waals surface area contributed by atoms with Crippen LogP contribution in [0.3, 0.4) is 0 Å². The molecule has 0 radical (unpaired) electrons. The standard InChI is InChI=1S/C18H18N2O5S/c1-3-12-19-17(21)13-8-10-14(11-9-13)26(23,24)20-16-7-5-4-6-15(16)18(22)25-2/h3-11,20H,1,12H2,2H3,(H,19,21). The quantitative estimate of drug-likeness (QED) is 0.571. The van der Waals surface area contributed by atoms with Gasteiger partial charge in [-0.05, 0) is 36.4 Å². The van der Waals surface area contributed by atoms with Gasteiger partial charge in [0.05, 0.1) is 23.3 Å². The van der Waals surface area contributed by atoms with Crippen molar-refractivity contribution >= 4 is 27.6 Å². The number of ether oxygens (including phenoxy) is 1. The maximum absolute atomic E-state index is 12.5. The van der Waals surface area contributed by atoms with Crippen LogP contribution >= 0.6 is 0 Å². The van der Waals surface area contributed by atoms with E-state index in [1.807, 2.05) is 0 Å². The number of anilines is 1. The molecule has 0 heterocycles. The number of hydrogen-bond donors (Lipinski definition) is 2. The molecule has 2 rings (SSSR count). The summed E-state index contributed by atoms with van der Waals surface area (Å²) in [5.74, 6) is -0.990. The summed E-state index contributed by atoms with van der Waals surface area (Å²) in [6.45, 7) is 3.81. The van der Waals surface area contributed by atoms with Gasteiger partial charge in [-0.1, -0.05) is 18.2 Å². The minimum Gasteiger partial charge on any atom is -0.465 e. The van der Waals surface area contributed by atoms with Crippen LogP contribution in [0.15, 0.2) is 66.1 Å². The van der Waals surface area contributed by atoms with Crippen LogP contribution in [0, 0.1) is 0 Å². The van der Waals surface area contributed by atoms with Crippen molar-refractivity contribution < 1.29 is 22.7 Å². The fourth-order valence-corrected chi connectivity index (χ4v) is 3.20. The number of benzene rings is 2. The number of nitrogens with one attached hydrogen (secondary N) is 2. The molecule has 8 heteroatoms. The van der Waals surface area contributed by atoms with Gasteiger partial charge in [-0.15, -0.1) is 6.58 Å². The predicted octanol–water partition coefficient (Wildman–Crippen LogP) is 2.19. The van der Waals surface area contributed by atoms with Crippen molar-refractivity contribution in [3.8, 4) is 0 Å². The smallest absolute Gasteiger partial charge is 0.339 e. The molecule has 0 fully saturated rings. The zero-order chi connectivity index (χ0) is 19.2. The molecule has 26 heavy (non-hydrogen) atoms. The van der Waals surface area contributed by atoms with Gasteiger partial charge in [0.1, 0.15) is 0 Å². The van der Waals surface area contributed by atoms with E-state index in [9.17, 15) is 18.0 Å². The molecule has 0 spiro atoms. The van der Waals surface area contributed by atoms with Gasteiger partial charge in [0.2, 0.25) is 0 Å². The third-order valence-electron chi connectivity index (χ3n) is 3.41. The monoisotopic (exact) mass is 374 g/mol. The second kappa shape index (κ2) is 8.30. The number of esters is 1. The Kier molecular flexibility index (Phi) is 6.13. The van der Waals surface area contributed by atoms with Crippen LogP contribution in [0.25, 0.3) is 0 Å². The Morgan fingerprint density at radius 3 is 2.38 bits per heavy atom. The molecule has 0 bridgehead atoms. The maximum atomic E-state index is 12.5. The van der Waals surface area contributed by atoms with Crippen LogP contribution in [0.4, 0.5) is 5.69 Å². The Hall–Kier alpha value is -3.13. The molecule has 0 aliphatic carbocycles. The lowest BCUT2D eigenvalue weighted by atomic mass is 10.2. The van der Waals surface area contributed by atoms with Crippen LogP contribution in [-0.4, -0.2) is 33.9 Å². The van der Waals surface area contributed by atoms with E-state index < -0.39 is 16.0 Å². The highest BCUT2D eigenvalue weighted by atomic mass is 32.2. The fraction of sp³-hybridized carbons (Fsp3) is 0.111. The van der Waals surface area contributed by atoms with E-state index >= 15 is 0 Å². The Morgan fingerprint density at radius 1 is 1.12 bits per heavy atom. The minimum atomic E-state index is -3.94. The third kappa shape index (κ3) is 4.48. The fourth-order valence-electron chi connectivity index (χ4n) is 2.12. The van der Waals surface area contributed by atoms with Crippen molar-refractivity contribution in [1.29, 1.82) is 0 Å². The van der Waals surface area contributed by atoms with E-state index in [2.05, 4.69) is 21.4 Å². The van der Waals surface area contributed by atoms with E-state index in [1.54, 1.807) is 18.2 Å². The van der Waals surface area contributed by atoms with E-state index in [4.69, 9.17) is 0 Å². The summed E-state index contributed by atoms with van der Waals surface area (Å²) in [5.41, 5.74) is 0.520. The molecule has 0 aromatic heterocycles. The first-order valence-corrected chi connectivity index (χ1v) is 9.06. The highest BCUT2D eigenvalue weighted by Gasteiger charge is 2.19. The summed E-state index contributed by atoms with van der Waals surface area (Å²) in [6.07, 6.45) is 1.54. The SMILES string of the molecule is C=CCNC(=O)c1ccc(S(=O)(=O)Nc2ccccc2C(=O)OC)cc1. The predicted molar refractivity (Wildman–Crippen MR) is 97.6 cm³/mol. The summed E-state index contributed by atoms with van der Waals surface area (Å²) in [6, 6.07) is 11.5. The molecule has 2 aromatic rings.